The minimum atomic E-state index is -0.338. The molecule has 132 valence electrons. The predicted octanol–water partition coefficient (Wildman–Crippen LogP) is 1.64. The van der Waals surface area contributed by atoms with Gasteiger partial charge in [-0.3, -0.25) is 9.59 Å². The average molecular weight is 341 g/mol. The van der Waals surface area contributed by atoms with Crippen LogP contribution in [0.3, 0.4) is 0 Å². The minimum absolute atomic E-state index is 0.0489. The zero-order valence-corrected chi connectivity index (χ0v) is 14.5. The van der Waals surface area contributed by atoms with Gasteiger partial charge in [-0.25, -0.2) is 0 Å². The molecular formula is C19H23N3O3. The van der Waals surface area contributed by atoms with Gasteiger partial charge in [0.05, 0.1) is 13.2 Å². The summed E-state index contributed by atoms with van der Waals surface area (Å²) in [4.78, 5) is 29.5. The first kappa shape index (κ1) is 16.1. The van der Waals surface area contributed by atoms with E-state index in [2.05, 4.69) is 0 Å². The van der Waals surface area contributed by atoms with Crippen LogP contribution in [0.4, 0.5) is 0 Å². The van der Waals surface area contributed by atoms with E-state index in [1.807, 2.05) is 47.0 Å². The lowest BCUT2D eigenvalue weighted by Gasteiger charge is -2.32. The molecule has 0 radical (unpaired) electrons. The normalized spacial score (nSPS) is 21.1. The molecule has 2 fully saturated rings. The second-order valence-corrected chi connectivity index (χ2v) is 6.79. The Labute approximate surface area is 146 Å². The Balaban J connectivity index is 1.56. The molecule has 2 saturated heterocycles. The van der Waals surface area contributed by atoms with Crippen molar-refractivity contribution in [3.05, 3.63) is 36.0 Å². The van der Waals surface area contributed by atoms with Crippen molar-refractivity contribution >= 4 is 22.7 Å². The Hall–Kier alpha value is -2.34. The van der Waals surface area contributed by atoms with Crippen molar-refractivity contribution in [1.82, 2.24) is 14.4 Å². The molecule has 4 rings (SSSR count). The SMILES string of the molecule is Cn1ccc2ccc(C(=O)N3CCCC3C(=O)N3CCOCC3)cc21. The summed E-state index contributed by atoms with van der Waals surface area (Å²) < 4.78 is 7.33. The maximum absolute atomic E-state index is 13.0. The first-order valence-electron chi connectivity index (χ1n) is 8.88. The summed E-state index contributed by atoms with van der Waals surface area (Å²) in [6, 6.07) is 7.45. The van der Waals surface area contributed by atoms with Crippen LogP contribution < -0.4 is 0 Å². The third kappa shape index (κ3) is 2.91. The fourth-order valence-electron chi connectivity index (χ4n) is 3.82. The van der Waals surface area contributed by atoms with Gasteiger partial charge in [0.1, 0.15) is 6.04 Å². The molecule has 0 N–H and O–H groups in total. The van der Waals surface area contributed by atoms with Gasteiger partial charge in [-0.2, -0.15) is 0 Å². The molecule has 1 aromatic carbocycles. The summed E-state index contributed by atoms with van der Waals surface area (Å²) >= 11 is 0. The lowest BCUT2D eigenvalue weighted by atomic mass is 10.1. The van der Waals surface area contributed by atoms with Crippen molar-refractivity contribution in [3.63, 3.8) is 0 Å². The molecule has 25 heavy (non-hydrogen) atoms. The maximum atomic E-state index is 13.0. The van der Waals surface area contributed by atoms with E-state index in [9.17, 15) is 9.59 Å². The van der Waals surface area contributed by atoms with E-state index in [0.717, 1.165) is 23.7 Å². The highest BCUT2D eigenvalue weighted by molar-refractivity contribution is 6.00. The molecule has 2 aromatic rings. The molecule has 2 amide bonds. The Kier molecular flexibility index (Phi) is 4.21. The highest BCUT2D eigenvalue weighted by Gasteiger charge is 2.37. The van der Waals surface area contributed by atoms with Crippen LogP contribution in [0.2, 0.25) is 0 Å². The van der Waals surface area contributed by atoms with Gasteiger partial charge in [0.15, 0.2) is 0 Å². The number of ether oxygens (including phenoxy) is 1. The fourth-order valence-corrected chi connectivity index (χ4v) is 3.82. The topological polar surface area (TPSA) is 54.8 Å². The van der Waals surface area contributed by atoms with E-state index in [-0.39, 0.29) is 17.9 Å². The van der Waals surface area contributed by atoms with Crippen LogP contribution in [-0.2, 0) is 16.6 Å². The number of rotatable bonds is 2. The van der Waals surface area contributed by atoms with E-state index in [1.54, 1.807) is 4.90 Å². The van der Waals surface area contributed by atoms with Crippen LogP contribution >= 0.6 is 0 Å². The summed E-state index contributed by atoms with van der Waals surface area (Å²) in [6.45, 7) is 3.04. The molecule has 1 atom stereocenters. The van der Waals surface area contributed by atoms with Crippen LogP contribution in [-0.4, -0.2) is 65.1 Å². The molecule has 1 unspecified atom stereocenters. The number of likely N-dealkylation sites (tertiary alicyclic amines) is 1. The quantitative estimate of drug-likeness (QED) is 0.834. The number of aryl methyl sites for hydroxylation is 1. The van der Waals surface area contributed by atoms with E-state index >= 15 is 0 Å². The predicted molar refractivity (Wildman–Crippen MR) is 94.4 cm³/mol. The average Bonchev–Trinajstić information content (AvgIpc) is 3.28. The molecule has 2 aliphatic heterocycles. The smallest absolute Gasteiger partial charge is 0.254 e. The van der Waals surface area contributed by atoms with Gasteiger partial charge in [0.2, 0.25) is 5.91 Å². The van der Waals surface area contributed by atoms with Crippen molar-refractivity contribution in [1.29, 1.82) is 0 Å². The van der Waals surface area contributed by atoms with Crippen LogP contribution in [0.25, 0.3) is 10.9 Å². The van der Waals surface area contributed by atoms with Gasteiger partial charge in [0, 0.05) is 44.0 Å². The van der Waals surface area contributed by atoms with E-state index in [1.165, 1.54) is 0 Å². The monoisotopic (exact) mass is 341 g/mol. The summed E-state index contributed by atoms with van der Waals surface area (Å²) in [7, 11) is 1.97. The molecule has 6 nitrogen and oxygen atoms in total. The summed E-state index contributed by atoms with van der Waals surface area (Å²) in [5.41, 5.74) is 1.68. The zero-order valence-electron chi connectivity index (χ0n) is 14.5. The Bertz CT molecular complexity index is 807. The lowest BCUT2D eigenvalue weighted by Crippen LogP contribution is -2.51. The Morgan fingerprint density at radius 2 is 1.92 bits per heavy atom. The summed E-state index contributed by atoms with van der Waals surface area (Å²) in [6.07, 6.45) is 3.60. The molecule has 2 aliphatic rings. The number of amides is 2. The van der Waals surface area contributed by atoms with Crippen molar-refractivity contribution in [2.45, 2.75) is 18.9 Å². The lowest BCUT2D eigenvalue weighted by molar-refractivity contribution is -0.139. The van der Waals surface area contributed by atoms with Crippen molar-refractivity contribution in [2.24, 2.45) is 7.05 Å². The highest BCUT2D eigenvalue weighted by Crippen LogP contribution is 2.24. The van der Waals surface area contributed by atoms with Crippen LogP contribution in [0.1, 0.15) is 23.2 Å². The van der Waals surface area contributed by atoms with Crippen LogP contribution in [0, 0.1) is 0 Å². The molecule has 0 aliphatic carbocycles. The van der Waals surface area contributed by atoms with Gasteiger partial charge in [-0.1, -0.05) is 6.07 Å². The van der Waals surface area contributed by atoms with E-state index < -0.39 is 0 Å². The van der Waals surface area contributed by atoms with Gasteiger partial charge in [-0.05, 0) is 36.4 Å². The van der Waals surface area contributed by atoms with E-state index in [4.69, 9.17) is 4.74 Å². The molecular weight excluding hydrogens is 318 g/mol. The number of fused-ring (bicyclic) bond motifs is 1. The largest absolute Gasteiger partial charge is 0.378 e. The first-order chi connectivity index (χ1) is 12.1. The molecule has 6 heteroatoms. The van der Waals surface area contributed by atoms with Gasteiger partial charge < -0.3 is 19.1 Å². The number of carbonyl (C=O) groups excluding carboxylic acids is 2. The molecule has 0 saturated carbocycles. The second kappa shape index (κ2) is 6.52. The summed E-state index contributed by atoms with van der Waals surface area (Å²) in [5.74, 6) is 0.0151. The second-order valence-electron chi connectivity index (χ2n) is 6.79. The van der Waals surface area contributed by atoms with Crippen LogP contribution in [0.5, 0.6) is 0 Å². The fraction of sp³-hybridized carbons (Fsp3) is 0.474. The molecule has 0 bridgehead atoms. The number of morpholine rings is 1. The molecule has 3 heterocycles. The third-order valence-corrected chi connectivity index (χ3v) is 5.26. The maximum Gasteiger partial charge on any atom is 0.254 e. The van der Waals surface area contributed by atoms with Crippen molar-refractivity contribution in [3.8, 4) is 0 Å². The van der Waals surface area contributed by atoms with Crippen molar-refractivity contribution < 1.29 is 14.3 Å². The first-order valence-corrected chi connectivity index (χ1v) is 8.88. The number of benzene rings is 1. The van der Waals surface area contributed by atoms with Gasteiger partial charge in [-0.15, -0.1) is 0 Å². The number of carbonyl (C=O) groups is 2. The van der Waals surface area contributed by atoms with Gasteiger partial charge in [0.25, 0.3) is 5.91 Å². The molecule has 1 aromatic heterocycles. The number of nitrogens with zero attached hydrogens (tertiary/aromatic N) is 3. The van der Waals surface area contributed by atoms with Crippen molar-refractivity contribution in [2.75, 3.05) is 32.8 Å². The molecule has 0 spiro atoms. The Morgan fingerprint density at radius 1 is 1.12 bits per heavy atom. The summed E-state index contributed by atoms with van der Waals surface area (Å²) in [5, 5.41) is 1.11. The highest BCUT2D eigenvalue weighted by atomic mass is 16.5. The third-order valence-electron chi connectivity index (χ3n) is 5.26. The van der Waals surface area contributed by atoms with Gasteiger partial charge >= 0.3 is 0 Å². The number of aromatic nitrogens is 1. The van der Waals surface area contributed by atoms with Crippen LogP contribution in [0.15, 0.2) is 30.5 Å². The standard InChI is InChI=1S/C19H23N3O3/c1-20-8-6-14-4-5-15(13-17(14)20)18(23)22-7-2-3-16(22)19(24)21-9-11-25-12-10-21/h4-6,8,13,16H,2-3,7,9-12H2,1H3. The van der Waals surface area contributed by atoms with E-state index in [0.29, 0.717) is 38.4 Å². The zero-order chi connectivity index (χ0) is 17.4. The Morgan fingerprint density at radius 3 is 2.72 bits per heavy atom. The minimum Gasteiger partial charge on any atom is -0.378 e. The number of hydrogen-bond acceptors (Lipinski definition) is 3. The number of hydrogen-bond donors (Lipinski definition) is 0.